The molecule has 0 heterocycles. The highest BCUT2D eigenvalue weighted by atomic mass is 16.5. The van der Waals surface area contributed by atoms with Gasteiger partial charge in [0.05, 0.1) is 20.1 Å². The zero-order valence-corrected chi connectivity index (χ0v) is 22.0. The van der Waals surface area contributed by atoms with Gasteiger partial charge in [-0.25, -0.2) is 4.79 Å². The summed E-state index contributed by atoms with van der Waals surface area (Å²) in [5.41, 5.74) is 7.66. The Morgan fingerprint density at radius 1 is 0.816 bits per heavy atom. The number of rotatable bonds is 11. The van der Waals surface area contributed by atoms with Crippen molar-refractivity contribution in [1.29, 1.82) is 0 Å². The highest BCUT2D eigenvalue weighted by Crippen LogP contribution is 2.30. The smallest absolute Gasteiger partial charge is 0.318 e. The molecular weight excluding hydrogens is 486 g/mol. The molecule has 0 bridgehead atoms. The zero-order chi connectivity index (χ0) is 27.7. The van der Waals surface area contributed by atoms with E-state index >= 15 is 0 Å². The number of amides is 4. The fourth-order valence-electron chi connectivity index (χ4n) is 3.97. The summed E-state index contributed by atoms with van der Waals surface area (Å²) in [6, 6.07) is 19.5. The number of nitrogens with zero attached hydrogens (tertiary/aromatic N) is 1. The molecule has 0 aliphatic rings. The van der Waals surface area contributed by atoms with E-state index in [2.05, 4.69) is 0 Å². The molecule has 200 valence electrons. The molecule has 9 heteroatoms. The van der Waals surface area contributed by atoms with E-state index in [0.29, 0.717) is 35.8 Å². The molecule has 0 spiro atoms. The van der Waals surface area contributed by atoms with Crippen molar-refractivity contribution in [1.82, 2.24) is 10.2 Å². The number of hydrogen-bond donors (Lipinski definition) is 2. The van der Waals surface area contributed by atoms with Crippen LogP contribution in [0.15, 0.2) is 66.7 Å². The van der Waals surface area contributed by atoms with Gasteiger partial charge in [-0.15, -0.1) is 0 Å². The van der Waals surface area contributed by atoms with E-state index in [4.69, 9.17) is 19.9 Å². The molecule has 4 amide bonds. The molecule has 0 aliphatic carbocycles. The molecule has 0 radical (unpaired) electrons. The molecule has 0 fully saturated rings. The lowest BCUT2D eigenvalue weighted by atomic mass is 9.90. The van der Waals surface area contributed by atoms with Gasteiger partial charge in [-0.1, -0.05) is 24.3 Å². The molecule has 1 atom stereocenters. The van der Waals surface area contributed by atoms with Crippen LogP contribution < -0.4 is 25.3 Å². The summed E-state index contributed by atoms with van der Waals surface area (Å²) in [4.78, 5) is 37.0. The third kappa shape index (κ3) is 7.99. The second kappa shape index (κ2) is 13.1. The predicted molar refractivity (Wildman–Crippen MR) is 144 cm³/mol. The van der Waals surface area contributed by atoms with Gasteiger partial charge in [-0.05, 0) is 65.9 Å². The van der Waals surface area contributed by atoms with Crippen LogP contribution in [0.4, 0.5) is 4.79 Å². The second-order valence-corrected chi connectivity index (χ2v) is 8.94. The number of nitrogens with one attached hydrogen (secondary N) is 1. The van der Waals surface area contributed by atoms with Crippen molar-refractivity contribution in [3.63, 3.8) is 0 Å². The van der Waals surface area contributed by atoms with E-state index in [-0.39, 0.29) is 12.3 Å². The number of carbonyl (C=O) groups is 3. The lowest BCUT2D eigenvalue weighted by Crippen LogP contribution is -2.35. The van der Waals surface area contributed by atoms with E-state index < -0.39 is 17.9 Å². The Kier molecular flexibility index (Phi) is 9.70. The first-order valence-corrected chi connectivity index (χ1v) is 12.1. The molecule has 0 aliphatic heterocycles. The highest BCUT2D eigenvalue weighted by molar-refractivity contribution is 5.93. The minimum atomic E-state index is -0.859. The SMILES string of the molecule is COc1cc(CC(C(=O)N(C)C)c2ccc(Oc3ccc(CCC(=O)NC(N)=O)cc3)cc2)cc(OC)c1. The Labute approximate surface area is 222 Å². The summed E-state index contributed by atoms with van der Waals surface area (Å²) < 4.78 is 16.7. The van der Waals surface area contributed by atoms with Gasteiger partial charge in [-0.3, -0.25) is 14.9 Å². The molecule has 0 saturated carbocycles. The van der Waals surface area contributed by atoms with Crippen molar-refractivity contribution >= 4 is 17.8 Å². The Hall–Kier alpha value is -4.53. The lowest BCUT2D eigenvalue weighted by molar-refractivity contribution is -0.130. The lowest BCUT2D eigenvalue weighted by Gasteiger charge is -2.22. The molecule has 38 heavy (non-hydrogen) atoms. The topological polar surface area (TPSA) is 120 Å². The number of carbonyl (C=O) groups excluding carboxylic acids is 3. The molecule has 3 rings (SSSR count). The zero-order valence-electron chi connectivity index (χ0n) is 22.0. The third-order valence-electron chi connectivity index (χ3n) is 5.93. The maximum atomic E-state index is 13.1. The number of nitrogens with two attached hydrogens (primary N) is 1. The predicted octanol–water partition coefficient (Wildman–Crippen LogP) is 4.04. The summed E-state index contributed by atoms with van der Waals surface area (Å²) >= 11 is 0. The van der Waals surface area contributed by atoms with Gasteiger partial charge in [0, 0.05) is 26.6 Å². The quantitative estimate of drug-likeness (QED) is 0.395. The first kappa shape index (κ1) is 28.0. The fourth-order valence-corrected chi connectivity index (χ4v) is 3.97. The average Bonchev–Trinajstić information content (AvgIpc) is 2.90. The van der Waals surface area contributed by atoms with E-state index in [0.717, 1.165) is 16.7 Å². The van der Waals surface area contributed by atoms with Crippen LogP contribution in [-0.4, -0.2) is 51.1 Å². The van der Waals surface area contributed by atoms with E-state index in [9.17, 15) is 14.4 Å². The normalized spacial score (nSPS) is 11.3. The van der Waals surface area contributed by atoms with Crippen molar-refractivity contribution < 1.29 is 28.6 Å². The number of benzene rings is 3. The minimum absolute atomic E-state index is 0.0134. The molecular formula is C29H33N3O6. The largest absolute Gasteiger partial charge is 0.497 e. The van der Waals surface area contributed by atoms with Gasteiger partial charge >= 0.3 is 6.03 Å². The molecule has 0 aromatic heterocycles. The van der Waals surface area contributed by atoms with Gasteiger partial charge in [0.15, 0.2) is 0 Å². The van der Waals surface area contributed by atoms with Crippen molar-refractivity contribution in [2.24, 2.45) is 5.73 Å². The number of imide groups is 1. The summed E-state index contributed by atoms with van der Waals surface area (Å²) in [5.74, 6) is 1.75. The summed E-state index contributed by atoms with van der Waals surface area (Å²) in [5, 5.41) is 2.05. The molecule has 3 aromatic carbocycles. The summed E-state index contributed by atoms with van der Waals surface area (Å²) in [6.07, 6.45) is 1.10. The Balaban J connectivity index is 1.70. The minimum Gasteiger partial charge on any atom is -0.497 e. The van der Waals surface area contributed by atoms with E-state index in [1.807, 2.05) is 66.0 Å². The Morgan fingerprint density at radius 2 is 1.37 bits per heavy atom. The first-order valence-electron chi connectivity index (χ1n) is 12.1. The third-order valence-corrected chi connectivity index (χ3v) is 5.93. The Morgan fingerprint density at radius 3 is 1.87 bits per heavy atom. The number of ether oxygens (including phenoxy) is 3. The van der Waals surface area contributed by atoms with E-state index in [1.54, 1.807) is 39.3 Å². The van der Waals surface area contributed by atoms with Crippen LogP contribution in [0.1, 0.15) is 29.0 Å². The van der Waals surface area contributed by atoms with Gasteiger partial charge in [0.25, 0.3) is 0 Å². The Bertz CT molecular complexity index is 1230. The molecule has 1 unspecified atom stereocenters. The number of urea groups is 1. The summed E-state index contributed by atoms with van der Waals surface area (Å²) in [7, 11) is 6.68. The van der Waals surface area contributed by atoms with Crippen molar-refractivity contribution in [2.45, 2.75) is 25.2 Å². The number of likely N-dealkylation sites (N-methyl/N-ethyl adjacent to an activating group) is 1. The highest BCUT2D eigenvalue weighted by Gasteiger charge is 2.23. The fraction of sp³-hybridized carbons (Fsp3) is 0.276. The molecule has 0 saturated heterocycles. The number of aryl methyl sites for hydroxylation is 1. The molecule has 3 aromatic rings. The van der Waals surface area contributed by atoms with Gasteiger partial charge < -0.3 is 24.8 Å². The maximum Gasteiger partial charge on any atom is 0.318 e. The van der Waals surface area contributed by atoms with Crippen molar-refractivity contribution in [3.8, 4) is 23.0 Å². The van der Waals surface area contributed by atoms with Crippen LogP contribution >= 0.6 is 0 Å². The van der Waals surface area contributed by atoms with Crippen molar-refractivity contribution in [3.05, 3.63) is 83.4 Å². The van der Waals surface area contributed by atoms with Crippen molar-refractivity contribution in [2.75, 3.05) is 28.3 Å². The second-order valence-electron chi connectivity index (χ2n) is 8.94. The monoisotopic (exact) mass is 519 g/mol. The first-order chi connectivity index (χ1) is 18.2. The standard InChI is InChI=1S/C29H33N3O6/c1-32(2)28(34)26(17-20-15-24(36-3)18-25(16-20)37-4)21-8-12-23(13-9-21)38-22-10-5-19(6-11-22)7-14-27(33)31-29(30)35/h5-6,8-13,15-16,18,26H,7,14,17H2,1-4H3,(H3,30,31,33,35). The van der Waals surface area contributed by atoms with Gasteiger partial charge in [0.2, 0.25) is 11.8 Å². The summed E-state index contributed by atoms with van der Waals surface area (Å²) in [6.45, 7) is 0. The van der Waals surface area contributed by atoms with Gasteiger partial charge in [-0.2, -0.15) is 0 Å². The molecule has 9 nitrogen and oxygen atoms in total. The van der Waals surface area contributed by atoms with Crippen LogP contribution in [0.5, 0.6) is 23.0 Å². The van der Waals surface area contributed by atoms with Crippen LogP contribution in [-0.2, 0) is 22.4 Å². The average molecular weight is 520 g/mol. The number of methoxy groups -OCH3 is 2. The van der Waals surface area contributed by atoms with Crippen LogP contribution in [0.2, 0.25) is 0 Å². The number of hydrogen-bond acceptors (Lipinski definition) is 6. The van der Waals surface area contributed by atoms with Crippen LogP contribution in [0.25, 0.3) is 0 Å². The number of primary amides is 1. The van der Waals surface area contributed by atoms with Crippen LogP contribution in [0, 0.1) is 0 Å². The molecule has 3 N–H and O–H groups in total. The van der Waals surface area contributed by atoms with E-state index in [1.165, 1.54) is 0 Å². The maximum absolute atomic E-state index is 13.1. The van der Waals surface area contributed by atoms with Crippen LogP contribution in [0.3, 0.4) is 0 Å². The van der Waals surface area contributed by atoms with Gasteiger partial charge in [0.1, 0.15) is 23.0 Å².